The molecular formula is C10H7BrN4OS. The lowest BCUT2D eigenvalue weighted by Gasteiger charge is -2.00. The first-order valence-corrected chi connectivity index (χ1v) is 6.54. The monoisotopic (exact) mass is 310 g/mol. The summed E-state index contributed by atoms with van der Waals surface area (Å²) in [4.78, 5) is 18.9. The minimum absolute atomic E-state index is 0.0915. The average molecular weight is 311 g/mol. The maximum absolute atomic E-state index is 11.7. The molecule has 3 aromatic heterocycles. The van der Waals surface area contributed by atoms with Crippen molar-refractivity contribution in [2.24, 2.45) is 0 Å². The maximum atomic E-state index is 11.7. The molecule has 0 atom stereocenters. The summed E-state index contributed by atoms with van der Waals surface area (Å²) < 4.78 is 3.27. The van der Waals surface area contributed by atoms with Crippen molar-refractivity contribution < 1.29 is 0 Å². The predicted molar refractivity (Wildman–Crippen MR) is 69.3 cm³/mol. The van der Waals surface area contributed by atoms with E-state index < -0.39 is 0 Å². The van der Waals surface area contributed by atoms with Crippen LogP contribution in [0, 0.1) is 0 Å². The van der Waals surface area contributed by atoms with Crippen molar-refractivity contribution in [3.8, 4) is 0 Å². The molecule has 86 valence electrons. The molecule has 3 heterocycles. The van der Waals surface area contributed by atoms with Crippen molar-refractivity contribution in [3.63, 3.8) is 0 Å². The van der Waals surface area contributed by atoms with Crippen LogP contribution in [0.5, 0.6) is 0 Å². The van der Waals surface area contributed by atoms with E-state index in [1.54, 1.807) is 10.9 Å². The van der Waals surface area contributed by atoms with E-state index >= 15 is 0 Å². The highest BCUT2D eigenvalue weighted by atomic mass is 79.9. The van der Waals surface area contributed by atoms with E-state index in [0.717, 1.165) is 9.99 Å². The van der Waals surface area contributed by atoms with Crippen LogP contribution < -0.4 is 5.56 Å². The van der Waals surface area contributed by atoms with Crippen molar-refractivity contribution in [1.82, 2.24) is 19.7 Å². The molecule has 0 amide bonds. The largest absolute Gasteiger partial charge is 0.308 e. The summed E-state index contributed by atoms with van der Waals surface area (Å²) in [6, 6.07) is 1.84. The summed E-state index contributed by atoms with van der Waals surface area (Å²) in [7, 11) is 0. The Balaban J connectivity index is 2.03. The molecular weight excluding hydrogens is 304 g/mol. The zero-order valence-electron chi connectivity index (χ0n) is 8.55. The Kier molecular flexibility index (Phi) is 2.56. The fraction of sp³-hybridized carbons (Fsp3) is 0.100. The van der Waals surface area contributed by atoms with E-state index in [9.17, 15) is 4.79 Å². The molecule has 0 saturated heterocycles. The molecule has 0 radical (unpaired) electrons. The van der Waals surface area contributed by atoms with E-state index in [0.29, 0.717) is 17.1 Å². The molecule has 0 aliphatic rings. The highest BCUT2D eigenvalue weighted by Gasteiger charge is 2.05. The Morgan fingerprint density at radius 1 is 1.53 bits per heavy atom. The van der Waals surface area contributed by atoms with Gasteiger partial charge in [0, 0.05) is 6.20 Å². The topological polar surface area (TPSA) is 63.6 Å². The highest BCUT2D eigenvalue weighted by molar-refractivity contribution is 9.10. The van der Waals surface area contributed by atoms with Crippen LogP contribution in [0.4, 0.5) is 0 Å². The maximum Gasteiger partial charge on any atom is 0.268 e. The van der Waals surface area contributed by atoms with E-state index in [1.165, 1.54) is 11.3 Å². The van der Waals surface area contributed by atoms with Crippen molar-refractivity contribution in [3.05, 3.63) is 44.5 Å². The summed E-state index contributed by atoms with van der Waals surface area (Å²) in [6.45, 7) is 0.451. The number of aromatic amines is 1. The number of nitrogens with one attached hydrogen (secondary N) is 1. The molecule has 3 aromatic rings. The molecule has 0 aromatic carbocycles. The van der Waals surface area contributed by atoms with Crippen LogP contribution in [-0.2, 0) is 6.54 Å². The van der Waals surface area contributed by atoms with Crippen LogP contribution >= 0.6 is 27.3 Å². The Hall–Kier alpha value is -1.47. The van der Waals surface area contributed by atoms with Gasteiger partial charge in [0.2, 0.25) is 0 Å². The lowest BCUT2D eigenvalue weighted by Crippen LogP contribution is -2.13. The Morgan fingerprint density at radius 3 is 3.18 bits per heavy atom. The van der Waals surface area contributed by atoms with Crippen LogP contribution in [0.25, 0.3) is 10.2 Å². The molecule has 0 aliphatic carbocycles. The number of thiophene rings is 1. The predicted octanol–water partition coefficient (Wildman–Crippen LogP) is 1.99. The highest BCUT2D eigenvalue weighted by Crippen LogP contribution is 2.14. The third kappa shape index (κ3) is 2.03. The first-order valence-electron chi connectivity index (χ1n) is 4.87. The first kappa shape index (κ1) is 10.7. The smallest absolute Gasteiger partial charge is 0.268 e. The molecule has 5 nitrogen and oxygen atoms in total. The molecule has 0 unspecified atom stereocenters. The summed E-state index contributed by atoms with van der Waals surface area (Å²) in [6.07, 6.45) is 3.53. The molecule has 3 rings (SSSR count). The summed E-state index contributed by atoms with van der Waals surface area (Å²) in [5.41, 5.74) is 0.645. The van der Waals surface area contributed by atoms with Crippen LogP contribution in [0.2, 0.25) is 0 Å². The number of hydrogen-bond acceptors (Lipinski definition) is 4. The van der Waals surface area contributed by atoms with Gasteiger partial charge in [0.05, 0.1) is 22.7 Å². The molecule has 0 aliphatic heterocycles. The van der Waals surface area contributed by atoms with E-state index in [-0.39, 0.29) is 5.56 Å². The van der Waals surface area contributed by atoms with Gasteiger partial charge in [-0.1, -0.05) is 0 Å². The van der Waals surface area contributed by atoms with Gasteiger partial charge in [0.25, 0.3) is 5.56 Å². The number of rotatable bonds is 2. The number of halogens is 1. The summed E-state index contributed by atoms with van der Waals surface area (Å²) >= 11 is 4.72. The number of aromatic nitrogens is 4. The normalized spacial score (nSPS) is 11.1. The summed E-state index contributed by atoms with van der Waals surface area (Å²) in [5, 5.41) is 5.98. The number of hydrogen-bond donors (Lipinski definition) is 1. The van der Waals surface area contributed by atoms with Gasteiger partial charge < -0.3 is 4.98 Å². The fourth-order valence-electron chi connectivity index (χ4n) is 1.57. The van der Waals surface area contributed by atoms with Crippen molar-refractivity contribution in [1.29, 1.82) is 0 Å². The van der Waals surface area contributed by atoms with Gasteiger partial charge in [0.1, 0.15) is 10.5 Å². The lowest BCUT2D eigenvalue weighted by atomic mass is 10.4. The summed E-state index contributed by atoms with van der Waals surface area (Å²) in [5.74, 6) is 0.608. The lowest BCUT2D eigenvalue weighted by molar-refractivity contribution is 0.656. The Labute approximate surface area is 108 Å². The van der Waals surface area contributed by atoms with E-state index in [1.807, 2.05) is 17.6 Å². The minimum atomic E-state index is -0.0915. The van der Waals surface area contributed by atoms with Crippen molar-refractivity contribution in [2.75, 3.05) is 0 Å². The number of fused-ring (bicyclic) bond motifs is 1. The van der Waals surface area contributed by atoms with Gasteiger partial charge in [-0.25, -0.2) is 4.98 Å². The Morgan fingerprint density at radius 2 is 2.41 bits per heavy atom. The second-order valence-corrected chi connectivity index (χ2v) is 5.34. The third-order valence-electron chi connectivity index (χ3n) is 2.28. The zero-order valence-corrected chi connectivity index (χ0v) is 11.0. The molecule has 1 N–H and O–H groups in total. The average Bonchev–Trinajstić information content (AvgIpc) is 2.87. The van der Waals surface area contributed by atoms with Crippen LogP contribution in [0.15, 0.2) is 33.1 Å². The number of nitrogens with zero attached hydrogens (tertiary/aromatic N) is 3. The molecule has 0 spiro atoms. The fourth-order valence-corrected chi connectivity index (χ4v) is 2.63. The molecule has 0 fully saturated rings. The second kappa shape index (κ2) is 4.08. The first-order chi connectivity index (χ1) is 8.22. The van der Waals surface area contributed by atoms with Crippen LogP contribution in [0.3, 0.4) is 0 Å². The van der Waals surface area contributed by atoms with Crippen LogP contribution in [-0.4, -0.2) is 19.7 Å². The SMILES string of the molecule is O=c1[nH]c(Cn2cc(Br)cn2)nc2ccsc12. The molecule has 7 heteroatoms. The van der Waals surface area contributed by atoms with Gasteiger partial charge in [-0.2, -0.15) is 5.10 Å². The van der Waals surface area contributed by atoms with Gasteiger partial charge in [0.15, 0.2) is 0 Å². The van der Waals surface area contributed by atoms with E-state index in [4.69, 9.17) is 0 Å². The van der Waals surface area contributed by atoms with E-state index in [2.05, 4.69) is 31.0 Å². The van der Waals surface area contributed by atoms with Crippen LogP contribution in [0.1, 0.15) is 5.82 Å². The number of H-pyrrole nitrogens is 1. The van der Waals surface area contributed by atoms with Gasteiger partial charge >= 0.3 is 0 Å². The van der Waals surface area contributed by atoms with Gasteiger partial charge in [-0.15, -0.1) is 11.3 Å². The van der Waals surface area contributed by atoms with Crippen molar-refractivity contribution in [2.45, 2.75) is 6.54 Å². The van der Waals surface area contributed by atoms with Gasteiger partial charge in [-0.3, -0.25) is 9.48 Å². The molecule has 0 bridgehead atoms. The quantitative estimate of drug-likeness (QED) is 0.787. The third-order valence-corrected chi connectivity index (χ3v) is 3.59. The Bertz CT molecular complexity index is 729. The molecule has 0 saturated carbocycles. The minimum Gasteiger partial charge on any atom is -0.308 e. The molecule has 17 heavy (non-hydrogen) atoms. The zero-order chi connectivity index (χ0) is 11.8. The second-order valence-electron chi connectivity index (χ2n) is 3.50. The standard InChI is InChI=1S/C10H7BrN4OS/c11-6-3-12-15(4-6)5-8-13-7-1-2-17-9(7)10(16)14-8/h1-4H,5H2,(H,13,14,16). The van der Waals surface area contributed by atoms with Crippen molar-refractivity contribution >= 4 is 37.5 Å². The van der Waals surface area contributed by atoms with Gasteiger partial charge in [-0.05, 0) is 27.4 Å².